The minimum absolute atomic E-state index is 0.187. The average molecular weight is 890 g/mol. The highest BCUT2D eigenvalue weighted by Gasteiger charge is 2.44. The summed E-state index contributed by atoms with van der Waals surface area (Å²) in [5.41, 5.74) is 0. The smallest absolute Gasteiger partial charge is 0.220 e. The molecule has 1 fully saturated rings. The van der Waals surface area contributed by atoms with Gasteiger partial charge in [0.15, 0.2) is 6.29 Å². The minimum Gasteiger partial charge on any atom is -0.394 e. The first-order chi connectivity index (χ1) is 30.8. The topological polar surface area (TPSA) is 149 Å². The van der Waals surface area contributed by atoms with Crippen LogP contribution in [0.2, 0.25) is 0 Å². The standard InChI is InChI=1S/C54H99NO8/c1-3-5-7-9-11-13-15-17-19-21-22-23-24-25-26-28-29-31-33-35-37-39-41-43-48(57)47(46-62-54-53(61)52(60)51(59)49(45-56)63-54)55-50(58)44-42-40-38-36-34-32-30-27-20-18-16-14-12-10-8-6-4-2/h6,8,12,14,18,20,41,43,47-49,51-54,56-57,59-61H,3-5,7,9-11,13,15-17,19,21-40,42,44-46H2,1-2H3,(H,55,58)/b8-6-,14-12-,20-18-,43-41+. The molecule has 9 heteroatoms. The molecule has 0 aliphatic carbocycles. The second-order valence-corrected chi connectivity index (χ2v) is 18.3. The Hall–Kier alpha value is -1.85. The molecule has 0 radical (unpaired) electrons. The Bertz CT molecular complexity index is 1130. The number of hydrogen-bond donors (Lipinski definition) is 6. The summed E-state index contributed by atoms with van der Waals surface area (Å²) in [5, 5.41) is 54.4. The monoisotopic (exact) mass is 890 g/mol. The van der Waals surface area contributed by atoms with Crippen LogP contribution in [-0.2, 0) is 14.3 Å². The number of carbonyl (C=O) groups excluding carboxylic acids is 1. The van der Waals surface area contributed by atoms with E-state index in [-0.39, 0.29) is 12.5 Å². The van der Waals surface area contributed by atoms with Crippen LogP contribution in [0.15, 0.2) is 48.6 Å². The molecule has 1 saturated heterocycles. The SMILES string of the molecule is CC/C=C\C/C=C\C/C=C\CCCCCCCCCC(=O)NC(COC1OC(CO)C(O)C(O)C1O)C(O)/C=C/CCCCCCCCCCCCCCCCCCCCCCC. The molecule has 9 nitrogen and oxygen atoms in total. The van der Waals surface area contributed by atoms with Crippen molar-refractivity contribution in [2.24, 2.45) is 0 Å². The van der Waals surface area contributed by atoms with Gasteiger partial charge in [0.05, 0.1) is 25.4 Å². The van der Waals surface area contributed by atoms with E-state index in [9.17, 15) is 30.3 Å². The lowest BCUT2D eigenvalue weighted by atomic mass is 9.99. The molecule has 1 aliphatic heterocycles. The molecular formula is C54H99NO8. The summed E-state index contributed by atoms with van der Waals surface area (Å²) in [6.07, 6.45) is 50.2. The number of ether oxygens (including phenoxy) is 2. The Labute approximate surface area is 386 Å². The molecule has 0 saturated carbocycles. The lowest BCUT2D eigenvalue weighted by molar-refractivity contribution is -0.302. The van der Waals surface area contributed by atoms with Crippen molar-refractivity contribution < 1.29 is 39.8 Å². The number of carbonyl (C=O) groups is 1. The van der Waals surface area contributed by atoms with Gasteiger partial charge in [0, 0.05) is 6.42 Å². The van der Waals surface area contributed by atoms with Gasteiger partial charge >= 0.3 is 0 Å². The van der Waals surface area contributed by atoms with Gasteiger partial charge in [-0.3, -0.25) is 4.79 Å². The Balaban J connectivity index is 2.28. The maximum absolute atomic E-state index is 13.0. The molecule has 0 bridgehead atoms. The summed E-state index contributed by atoms with van der Waals surface area (Å²) < 4.78 is 11.2. The van der Waals surface area contributed by atoms with Gasteiger partial charge in [0.25, 0.3) is 0 Å². The van der Waals surface area contributed by atoms with Crippen molar-refractivity contribution in [3.8, 4) is 0 Å². The summed E-state index contributed by atoms with van der Waals surface area (Å²) in [6.45, 7) is 3.67. The zero-order chi connectivity index (χ0) is 45.9. The van der Waals surface area contributed by atoms with Gasteiger partial charge in [-0.1, -0.05) is 223 Å². The summed E-state index contributed by atoms with van der Waals surface area (Å²) in [5.74, 6) is -0.187. The van der Waals surface area contributed by atoms with Crippen LogP contribution < -0.4 is 5.32 Å². The van der Waals surface area contributed by atoms with E-state index in [4.69, 9.17) is 9.47 Å². The Kier molecular flexibility index (Phi) is 41.3. The third kappa shape index (κ3) is 34.2. The first-order valence-corrected chi connectivity index (χ1v) is 26.4. The average Bonchev–Trinajstić information content (AvgIpc) is 3.28. The fourth-order valence-electron chi connectivity index (χ4n) is 8.23. The quantitative estimate of drug-likeness (QED) is 0.0262. The Morgan fingerprint density at radius 1 is 0.556 bits per heavy atom. The zero-order valence-electron chi connectivity index (χ0n) is 40.6. The lowest BCUT2D eigenvalue weighted by Gasteiger charge is -2.40. The van der Waals surface area contributed by atoms with E-state index in [1.54, 1.807) is 6.08 Å². The number of unbranched alkanes of at least 4 members (excludes halogenated alkanes) is 28. The third-order valence-electron chi connectivity index (χ3n) is 12.4. The minimum atomic E-state index is -1.57. The number of amides is 1. The van der Waals surface area contributed by atoms with Crippen LogP contribution in [0, 0.1) is 0 Å². The van der Waals surface area contributed by atoms with Crippen molar-refractivity contribution in [3.05, 3.63) is 48.6 Å². The number of nitrogens with one attached hydrogen (secondary N) is 1. The molecule has 1 heterocycles. The van der Waals surface area contributed by atoms with Crippen molar-refractivity contribution in [2.45, 2.75) is 275 Å². The maximum Gasteiger partial charge on any atom is 0.220 e. The normalized spacial score (nSPS) is 20.5. The largest absolute Gasteiger partial charge is 0.394 e. The lowest BCUT2D eigenvalue weighted by Crippen LogP contribution is -2.60. The number of aliphatic hydroxyl groups excluding tert-OH is 5. The first kappa shape index (κ1) is 59.2. The number of hydrogen-bond acceptors (Lipinski definition) is 8. The van der Waals surface area contributed by atoms with Crippen LogP contribution in [0.3, 0.4) is 0 Å². The fourth-order valence-corrected chi connectivity index (χ4v) is 8.23. The molecular weight excluding hydrogens is 791 g/mol. The molecule has 6 N–H and O–H groups in total. The molecule has 7 atom stereocenters. The van der Waals surface area contributed by atoms with E-state index in [1.165, 1.54) is 141 Å². The van der Waals surface area contributed by atoms with Gasteiger partial charge in [0.1, 0.15) is 24.4 Å². The van der Waals surface area contributed by atoms with Crippen LogP contribution in [0.25, 0.3) is 0 Å². The van der Waals surface area contributed by atoms with Gasteiger partial charge in [-0.2, -0.15) is 0 Å². The van der Waals surface area contributed by atoms with Crippen molar-refractivity contribution in [2.75, 3.05) is 13.2 Å². The summed E-state index contributed by atoms with van der Waals surface area (Å²) in [7, 11) is 0. The first-order valence-electron chi connectivity index (χ1n) is 26.4. The highest BCUT2D eigenvalue weighted by Crippen LogP contribution is 2.23. The molecule has 1 aliphatic rings. The van der Waals surface area contributed by atoms with Gasteiger partial charge in [-0.25, -0.2) is 0 Å². The number of rotatable bonds is 44. The Morgan fingerprint density at radius 3 is 1.46 bits per heavy atom. The van der Waals surface area contributed by atoms with E-state index in [2.05, 4.69) is 55.6 Å². The summed E-state index contributed by atoms with van der Waals surface area (Å²) in [4.78, 5) is 13.0. The van der Waals surface area contributed by atoms with E-state index >= 15 is 0 Å². The molecule has 0 aromatic rings. The van der Waals surface area contributed by atoms with Gasteiger partial charge in [0.2, 0.25) is 5.91 Å². The van der Waals surface area contributed by atoms with Gasteiger partial charge in [-0.05, 0) is 51.4 Å². The van der Waals surface area contributed by atoms with Crippen molar-refractivity contribution in [3.63, 3.8) is 0 Å². The van der Waals surface area contributed by atoms with Gasteiger partial charge < -0.3 is 40.3 Å². The molecule has 368 valence electrons. The molecule has 1 amide bonds. The second-order valence-electron chi connectivity index (χ2n) is 18.3. The van der Waals surface area contributed by atoms with Crippen molar-refractivity contribution in [1.29, 1.82) is 0 Å². The van der Waals surface area contributed by atoms with Crippen LogP contribution in [0.5, 0.6) is 0 Å². The molecule has 0 aromatic carbocycles. The van der Waals surface area contributed by atoms with E-state index in [0.717, 1.165) is 70.6 Å². The summed E-state index contributed by atoms with van der Waals surface area (Å²) >= 11 is 0. The van der Waals surface area contributed by atoms with Crippen molar-refractivity contribution in [1.82, 2.24) is 5.32 Å². The predicted octanol–water partition coefficient (Wildman–Crippen LogP) is 12.2. The highest BCUT2D eigenvalue weighted by molar-refractivity contribution is 5.76. The molecule has 0 aromatic heterocycles. The second kappa shape index (κ2) is 44.0. The van der Waals surface area contributed by atoms with Crippen LogP contribution >= 0.6 is 0 Å². The molecule has 1 rings (SSSR count). The van der Waals surface area contributed by atoms with Gasteiger partial charge in [-0.15, -0.1) is 0 Å². The predicted molar refractivity (Wildman–Crippen MR) is 263 cm³/mol. The van der Waals surface area contributed by atoms with E-state index < -0.39 is 49.5 Å². The Morgan fingerprint density at radius 2 is 0.984 bits per heavy atom. The molecule has 63 heavy (non-hydrogen) atoms. The van der Waals surface area contributed by atoms with Crippen molar-refractivity contribution >= 4 is 5.91 Å². The summed E-state index contributed by atoms with van der Waals surface area (Å²) in [6, 6.07) is -0.811. The zero-order valence-corrected chi connectivity index (χ0v) is 40.6. The number of allylic oxidation sites excluding steroid dienone is 7. The fraction of sp³-hybridized carbons (Fsp3) is 0.833. The van der Waals surface area contributed by atoms with Crippen LogP contribution in [0.1, 0.15) is 232 Å². The maximum atomic E-state index is 13.0. The van der Waals surface area contributed by atoms with E-state index in [1.807, 2.05) is 6.08 Å². The highest BCUT2D eigenvalue weighted by atomic mass is 16.7. The van der Waals surface area contributed by atoms with E-state index in [0.29, 0.717) is 6.42 Å². The third-order valence-corrected chi connectivity index (χ3v) is 12.4. The number of aliphatic hydroxyl groups is 5. The molecule has 0 spiro atoms. The van der Waals surface area contributed by atoms with Crippen LogP contribution in [0.4, 0.5) is 0 Å². The van der Waals surface area contributed by atoms with Crippen LogP contribution in [-0.4, -0.2) is 87.5 Å². The molecule has 7 unspecified atom stereocenters.